The standard InChI is InChI=1S/C24H16Br2I/c25-21-9-1-17(2-10-21)19-5-13-23(14-6-19)27-24-15-7-20(8-16-24)18-3-11-22(26)12-4-18/h1-16H/q+1. The van der Waals surface area contributed by atoms with E-state index < -0.39 is 0 Å². The van der Waals surface area contributed by atoms with Crippen LogP contribution in [0.25, 0.3) is 22.3 Å². The molecule has 0 saturated heterocycles. The monoisotopic (exact) mass is 589 g/mol. The summed E-state index contributed by atoms with van der Waals surface area (Å²) >= 11 is 6.82. The van der Waals surface area contributed by atoms with Crippen molar-refractivity contribution in [2.75, 3.05) is 0 Å². The summed E-state index contributed by atoms with van der Waals surface area (Å²) in [4.78, 5) is 0. The number of halogens is 3. The highest BCUT2D eigenvalue weighted by molar-refractivity contribution is 9.10. The molecule has 0 aliphatic rings. The second-order valence-corrected chi connectivity index (χ2v) is 11.0. The summed E-state index contributed by atoms with van der Waals surface area (Å²) < 4.78 is 5.10. The van der Waals surface area contributed by atoms with Crippen LogP contribution >= 0.6 is 31.9 Å². The lowest BCUT2D eigenvalue weighted by atomic mass is 10.1. The largest absolute Gasteiger partial charge is 0.357 e. The summed E-state index contributed by atoms with van der Waals surface area (Å²) in [5.74, 6) is 0. The quantitative estimate of drug-likeness (QED) is 0.303. The fourth-order valence-electron chi connectivity index (χ4n) is 2.82. The van der Waals surface area contributed by atoms with Gasteiger partial charge in [-0.1, -0.05) is 56.1 Å². The third kappa shape index (κ3) is 4.89. The molecule has 0 amide bonds. The fourth-order valence-corrected chi connectivity index (χ4v) is 5.51. The van der Waals surface area contributed by atoms with E-state index >= 15 is 0 Å². The summed E-state index contributed by atoms with van der Waals surface area (Å²) in [6.45, 7) is 0. The molecule has 0 aliphatic heterocycles. The molecular formula is C24H16Br2I+. The van der Waals surface area contributed by atoms with E-state index in [9.17, 15) is 0 Å². The minimum absolute atomic E-state index is 0.163. The number of hydrogen-bond donors (Lipinski definition) is 0. The van der Waals surface area contributed by atoms with Crippen LogP contribution in [0.1, 0.15) is 0 Å². The van der Waals surface area contributed by atoms with Crippen molar-refractivity contribution in [3.8, 4) is 22.3 Å². The highest BCUT2D eigenvalue weighted by Crippen LogP contribution is 2.22. The predicted molar refractivity (Wildman–Crippen MR) is 117 cm³/mol. The Balaban J connectivity index is 1.47. The van der Waals surface area contributed by atoms with Crippen LogP contribution in [0.5, 0.6) is 0 Å². The van der Waals surface area contributed by atoms with E-state index in [1.54, 1.807) is 0 Å². The smallest absolute Gasteiger partial charge is 0.0533 e. The van der Waals surface area contributed by atoms with Crippen LogP contribution < -0.4 is 21.2 Å². The molecule has 4 aromatic rings. The Kier molecular flexibility index (Phi) is 6.11. The Bertz CT molecular complexity index is 933. The molecular weight excluding hydrogens is 575 g/mol. The summed E-state index contributed by atoms with van der Waals surface area (Å²) in [6, 6.07) is 34.9. The van der Waals surface area contributed by atoms with Gasteiger partial charge in [0.25, 0.3) is 0 Å². The molecule has 0 aromatic heterocycles. The van der Waals surface area contributed by atoms with Crippen LogP contribution in [0.4, 0.5) is 0 Å². The van der Waals surface area contributed by atoms with Crippen molar-refractivity contribution in [1.82, 2.24) is 0 Å². The molecule has 4 aromatic carbocycles. The van der Waals surface area contributed by atoms with Gasteiger partial charge in [-0.05, 0) is 95.1 Å². The summed E-state index contributed by atoms with van der Waals surface area (Å²) in [5, 5.41) is 0. The third-order valence-corrected chi connectivity index (χ3v) is 8.00. The molecule has 0 radical (unpaired) electrons. The Labute approximate surface area is 187 Å². The normalized spacial score (nSPS) is 10.7. The van der Waals surface area contributed by atoms with E-state index in [1.807, 2.05) is 0 Å². The Hall–Kier alpha value is -1.43. The molecule has 0 nitrogen and oxygen atoms in total. The number of rotatable bonds is 4. The average Bonchev–Trinajstić information content (AvgIpc) is 2.71. The topological polar surface area (TPSA) is 0 Å². The van der Waals surface area contributed by atoms with Crippen molar-refractivity contribution in [1.29, 1.82) is 0 Å². The molecule has 0 aliphatic carbocycles. The number of benzene rings is 4. The van der Waals surface area contributed by atoms with E-state index in [4.69, 9.17) is 0 Å². The Morgan fingerprint density at radius 1 is 0.370 bits per heavy atom. The first-order chi connectivity index (χ1) is 13.2. The Morgan fingerprint density at radius 3 is 0.926 bits per heavy atom. The highest BCUT2D eigenvalue weighted by Gasteiger charge is 2.15. The SMILES string of the molecule is Brc1ccc(-c2ccc([I+]c3ccc(-c4ccc(Br)cc4)cc3)cc2)cc1. The van der Waals surface area contributed by atoms with E-state index in [1.165, 1.54) is 29.4 Å². The molecule has 3 heteroatoms. The first-order valence-electron chi connectivity index (χ1n) is 8.54. The molecule has 0 N–H and O–H groups in total. The first kappa shape index (κ1) is 18.9. The van der Waals surface area contributed by atoms with Crippen molar-refractivity contribution in [2.45, 2.75) is 0 Å². The zero-order valence-corrected chi connectivity index (χ0v) is 19.7. The molecule has 0 unspecified atom stereocenters. The van der Waals surface area contributed by atoms with Crippen molar-refractivity contribution < 1.29 is 21.2 Å². The lowest BCUT2D eigenvalue weighted by molar-refractivity contribution is -0.597. The maximum absolute atomic E-state index is 3.49. The second kappa shape index (κ2) is 8.72. The van der Waals surface area contributed by atoms with Crippen molar-refractivity contribution in [2.24, 2.45) is 0 Å². The Morgan fingerprint density at radius 2 is 0.630 bits per heavy atom. The van der Waals surface area contributed by atoms with Crippen LogP contribution in [-0.4, -0.2) is 0 Å². The van der Waals surface area contributed by atoms with Gasteiger partial charge < -0.3 is 0 Å². The molecule has 0 spiro atoms. The summed E-state index contributed by atoms with van der Waals surface area (Å²) in [7, 11) is 0. The van der Waals surface area contributed by atoms with Gasteiger partial charge in [0.15, 0.2) is 7.14 Å². The van der Waals surface area contributed by atoms with Gasteiger partial charge in [0, 0.05) is 8.95 Å². The maximum Gasteiger partial charge on any atom is 0.357 e. The van der Waals surface area contributed by atoms with Crippen molar-refractivity contribution >= 4 is 31.9 Å². The van der Waals surface area contributed by atoms with Crippen LogP contribution in [0.2, 0.25) is 0 Å². The van der Waals surface area contributed by atoms with Crippen LogP contribution in [0, 0.1) is 7.14 Å². The predicted octanol–water partition coefficient (Wildman–Crippen LogP) is 4.67. The molecule has 0 bridgehead atoms. The van der Waals surface area contributed by atoms with Crippen LogP contribution in [-0.2, 0) is 0 Å². The lowest BCUT2D eigenvalue weighted by Gasteiger charge is -2.01. The molecule has 132 valence electrons. The molecule has 0 heterocycles. The molecule has 0 fully saturated rings. The average molecular weight is 591 g/mol. The minimum Gasteiger partial charge on any atom is -0.0533 e. The van der Waals surface area contributed by atoms with Crippen molar-refractivity contribution in [3.63, 3.8) is 0 Å². The molecule has 4 rings (SSSR count). The van der Waals surface area contributed by atoms with Crippen LogP contribution in [0.3, 0.4) is 0 Å². The van der Waals surface area contributed by atoms with Crippen molar-refractivity contribution in [3.05, 3.63) is 113 Å². The van der Waals surface area contributed by atoms with Gasteiger partial charge in [0.2, 0.25) is 0 Å². The summed E-state index contributed by atoms with van der Waals surface area (Å²) in [6.07, 6.45) is 0. The zero-order valence-electron chi connectivity index (χ0n) is 14.4. The van der Waals surface area contributed by atoms with Gasteiger partial charge in [-0.25, -0.2) is 0 Å². The van der Waals surface area contributed by atoms with Gasteiger partial charge in [0.05, 0.1) is 0 Å². The molecule has 0 saturated carbocycles. The fraction of sp³-hybridized carbons (Fsp3) is 0. The van der Waals surface area contributed by atoms with E-state index in [-0.39, 0.29) is 21.2 Å². The third-order valence-electron chi connectivity index (χ3n) is 4.26. The molecule has 0 atom stereocenters. The highest BCUT2D eigenvalue weighted by atomic mass is 127. The van der Waals surface area contributed by atoms with Gasteiger partial charge in [-0.3, -0.25) is 0 Å². The van der Waals surface area contributed by atoms with Gasteiger partial charge in [-0.15, -0.1) is 0 Å². The zero-order chi connectivity index (χ0) is 18.6. The summed E-state index contributed by atoms with van der Waals surface area (Å²) in [5.41, 5.74) is 5.03. The van der Waals surface area contributed by atoms with Gasteiger partial charge in [-0.2, -0.15) is 0 Å². The van der Waals surface area contributed by atoms with Crippen LogP contribution in [0.15, 0.2) is 106 Å². The minimum atomic E-state index is -0.163. The van der Waals surface area contributed by atoms with Gasteiger partial charge >= 0.3 is 21.2 Å². The second-order valence-electron chi connectivity index (χ2n) is 6.12. The van der Waals surface area contributed by atoms with Gasteiger partial charge in [0.1, 0.15) is 0 Å². The number of hydrogen-bond acceptors (Lipinski definition) is 0. The van der Waals surface area contributed by atoms with E-state index in [0.717, 1.165) is 8.95 Å². The lowest BCUT2D eigenvalue weighted by Crippen LogP contribution is -3.61. The molecule has 27 heavy (non-hydrogen) atoms. The first-order valence-corrected chi connectivity index (χ1v) is 12.3. The van der Waals surface area contributed by atoms with E-state index in [2.05, 4.69) is 129 Å². The maximum atomic E-state index is 3.49. The van der Waals surface area contributed by atoms with E-state index in [0.29, 0.717) is 0 Å².